The van der Waals surface area contributed by atoms with Crippen molar-refractivity contribution in [2.24, 2.45) is 5.73 Å². The van der Waals surface area contributed by atoms with E-state index in [1.807, 2.05) is 0 Å². The zero-order valence-corrected chi connectivity index (χ0v) is 16.6. The third kappa shape index (κ3) is 4.96. The minimum Gasteiger partial charge on any atom is -0.493 e. The van der Waals surface area contributed by atoms with Crippen molar-refractivity contribution < 1.29 is 38.0 Å². The van der Waals surface area contributed by atoms with E-state index >= 15 is 0 Å². The molecule has 0 saturated heterocycles. The molecule has 0 bridgehead atoms. The Morgan fingerprint density at radius 1 is 1.03 bits per heavy atom. The number of hydrogen-bond acceptors (Lipinski definition) is 8. The number of carbonyl (C=O) groups excluding carboxylic acids is 2. The molecule has 3 N–H and O–H groups in total. The van der Waals surface area contributed by atoms with Crippen LogP contribution in [-0.4, -0.2) is 52.6 Å². The van der Waals surface area contributed by atoms with E-state index in [-0.39, 0.29) is 49.7 Å². The van der Waals surface area contributed by atoms with Crippen LogP contribution in [0.1, 0.15) is 10.4 Å². The largest absolute Gasteiger partial charge is 0.493 e. The minimum atomic E-state index is -0.650. The van der Waals surface area contributed by atoms with E-state index in [0.29, 0.717) is 22.8 Å². The van der Waals surface area contributed by atoms with E-state index in [9.17, 15) is 9.59 Å². The molecule has 0 aromatic heterocycles. The Kier molecular flexibility index (Phi) is 6.68. The lowest BCUT2D eigenvalue weighted by Crippen LogP contribution is -2.28. The fraction of sp³-hybridized carbons (Fsp3) is 0.300. The maximum Gasteiger partial charge on any atom is 0.255 e. The van der Waals surface area contributed by atoms with Gasteiger partial charge >= 0.3 is 0 Å². The Morgan fingerprint density at radius 2 is 1.73 bits per heavy atom. The topological polar surface area (TPSA) is 128 Å². The summed E-state index contributed by atoms with van der Waals surface area (Å²) in [4.78, 5) is 23.5. The molecule has 1 heterocycles. The highest BCUT2D eigenvalue weighted by atomic mass is 16.7. The van der Waals surface area contributed by atoms with Crippen molar-refractivity contribution in [3.8, 4) is 34.5 Å². The second kappa shape index (κ2) is 9.59. The first-order valence-electron chi connectivity index (χ1n) is 8.99. The van der Waals surface area contributed by atoms with Crippen LogP contribution in [0.5, 0.6) is 34.5 Å². The molecular formula is C20H22N2O8. The predicted octanol–water partition coefficient (Wildman–Crippen LogP) is 1.11. The van der Waals surface area contributed by atoms with E-state index in [0.717, 1.165) is 0 Å². The van der Waals surface area contributed by atoms with Crippen LogP contribution in [0.25, 0.3) is 0 Å². The summed E-state index contributed by atoms with van der Waals surface area (Å²) in [5.41, 5.74) is 5.39. The molecule has 3 rings (SSSR count). The lowest BCUT2D eigenvalue weighted by molar-refractivity contribution is -0.120. The minimum absolute atomic E-state index is 0.182. The molecule has 1 aliphatic heterocycles. The molecule has 1 aliphatic rings. The third-order valence-corrected chi connectivity index (χ3v) is 4.08. The van der Waals surface area contributed by atoms with E-state index in [1.165, 1.54) is 26.4 Å². The molecule has 0 aliphatic carbocycles. The summed E-state index contributed by atoms with van der Waals surface area (Å²) in [7, 11) is 2.82. The van der Waals surface area contributed by atoms with Gasteiger partial charge in [-0.3, -0.25) is 9.59 Å². The van der Waals surface area contributed by atoms with Crippen LogP contribution in [0.4, 0.5) is 0 Å². The quantitative estimate of drug-likeness (QED) is 0.549. The summed E-state index contributed by atoms with van der Waals surface area (Å²) in [5, 5.41) is 2.75. The number of carbonyl (C=O) groups is 2. The van der Waals surface area contributed by atoms with E-state index in [1.54, 1.807) is 18.2 Å². The predicted molar refractivity (Wildman–Crippen MR) is 105 cm³/mol. The molecular weight excluding hydrogens is 396 g/mol. The fourth-order valence-corrected chi connectivity index (χ4v) is 2.70. The van der Waals surface area contributed by atoms with Gasteiger partial charge in [0, 0.05) is 11.6 Å². The van der Waals surface area contributed by atoms with E-state index in [4.69, 9.17) is 34.2 Å². The molecule has 0 saturated carbocycles. The lowest BCUT2D eigenvalue weighted by atomic mass is 10.1. The maximum absolute atomic E-state index is 12.5. The molecule has 0 radical (unpaired) electrons. The lowest BCUT2D eigenvalue weighted by Gasteiger charge is -2.15. The van der Waals surface area contributed by atoms with Gasteiger partial charge in [0.2, 0.25) is 12.5 Å². The van der Waals surface area contributed by atoms with Gasteiger partial charge in [0.1, 0.15) is 12.4 Å². The monoisotopic (exact) mass is 418 g/mol. The number of ether oxygens (including phenoxy) is 6. The van der Waals surface area contributed by atoms with Gasteiger partial charge in [-0.05, 0) is 24.3 Å². The summed E-state index contributed by atoms with van der Waals surface area (Å²) in [6.45, 7) is 0.348. The Bertz CT molecular complexity index is 906. The number of rotatable bonds is 10. The number of fused-ring (bicyclic) bond motifs is 1. The molecule has 0 spiro atoms. The van der Waals surface area contributed by atoms with E-state index in [2.05, 4.69) is 5.32 Å². The summed E-state index contributed by atoms with van der Waals surface area (Å²) in [6, 6.07) is 8.21. The average molecular weight is 418 g/mol. The van der Waals surface area contributed by atoms with Crippen LogP contribution in [0.2, 0.25) is 0 Å². The van der Waals surface area contributed by atoms with Crippen molar-refractivity contribution in [3.63, 3.8) is 0 Å². The van der Waals surface area contributed by atoms with Crippen molar-refractivity contribution in [2.45, 2.75) is 0 Å². The summed E-state index contributed by atoms with van der Waals surface area (Å²) in [5.74, 6) is 1.53. The molecule has 30 heavy (non-hydrogen) atoms. The standard InChI is InChI=1S/C20H22N2O8/c1-25-16-7-12(8-17(26-2)19(16)28-10-18(21)23)20(24)22-5-6-27-13-3-4-14-15(9-13)30-11-29-14/h3-4,7-9H,5-6,10-11H2,1-2H3,(H2,21,23)(H,22,24). The zero-order chi connectivity index (χ0) is 21.5. The first-order valence-corrected chi connectivity index (χ1v) is 8.99. The highest BCUT2D eigenvalue weighted by Gasteiger charge is 2.18. The highest BCUT2D eigenvalue weighted by Crippen LogP contribution is 2.38. The maximum atomic E-state index is 12.5. The number of nitrogens with two attached hydrogens (primary N) is 1. The third-order valence-electron chi connectivity index (χ3n) is 4.08. The first kappa shape index (κ1) is 20.9. The molecule has 10 heteroatoms. The number of primary amides is 1. The van der Waals surface area contributed by atoms with Crippen molar-refractivity contribution in [3.05, 3.63) is 35.9 Å². The van der Waals surface area contributed by atoms with Gasteiger partial charge in [-0.15, -0.1) is 0 Å². The highest BCUT2D eigenvalue weighted by molar-refractivity contribution is 5.95. The molecule has 0 unspecified atom stereocenters. The smallest absolute Gasteiger partial charge is 0.255 e. The molecule has 2 aromatic rings. The average Bonchev–Trinajstić information content (AvgIpc) is 3.22. The summed E-state index contributed by atoms with van der Waals surface area (Å²) >= 11 is 0. The van der Waals surface area contributed by atoms with Crippen molar-refractivity contribution in [2.75, 3.05) is 40.8 Å². The number of hydrogen-bond donors (Lipinski definition) is 2. The van der Waals surface area contributed by atoms with Gasteiger partial charge in [0.15, 0.2) is 29.6 Å². The van der Waals surface area contributed by atoms with Crippen LogP contribution in [0.3, 0.4) is 0 Å². The van der Waals surface area contributed by atoms with E-state index < -0.39 is 5.91 Å². The summed E-state index contributed by atoms with van der Waals surface area (Å²) in [6.07, 6.45) is 0. The number of methoxy groups -OCH3 is 2. The van der Waals surface area contributed by atoms with Crippen LogP contribution < -0.4 is 39.5 Å². The van der Waals surface area contributed by atoms with Crippen molar-refractivity contribution >= 4 is 11.8 Å². The van der Waals surface area contributed by atoms with Gasteiger partial charge < -0.3 is 39.5 Å². The van der Waals surface area contributed by atoms with Crippen LogP contribution in [-0.2, 0) is 4.79 Å². The Morgan fingerprint density at radius 3 is 2.40 bits per heavy atom. The number of benzene rings is 2. The van der Waals surface area contributed by atoms with Gasteiger partial charge in [-0.25, -0.2) is 0 Å². The van der Waals surface area contributed by atoms with Gasteiger partial charge in [-0.2, -0.15) is 0 Å². The number of amides is 2. The van der Waals surface area contributed by atoms with Crippen molar-refractivity contribution in [1.29, 1.82) is 0 Å². The molecule has 160 valence electrons. The first-order chi connectivity index (χ1) is 14.5. The Balaban J connectivity index is 1.58. The van der Waals surface area contributed by atoms with Crippen LogP contribution in [0.15, 0.2) is 30.3 Å². The van der Waals surface area contributed by atoms with Gasteiger partial charge in [-0.1, -0.05) is 0 Å². The molecule has 2 aromatic carbocycles. The zero-order valence-electron chi connectivity index (χ0n) is 16.6. The van der Waals surface area contributed by atoms with Crippen molar-refractivity contribution in [1.82, 2.24) is 5.32 Å². The SMILES string of the molecule is COc1cc(C(=O)NCCOc2ccc3c(c2)OCO3)cc(OC)c1OCC(N)=O. The second-order valence-electron chi connectivity index (χ2n) is 6.08. The van der Waals surface area contributed by atoms with Crippen LogP contribution >= 0.6 is 0 Å². The molecule has 10 nitrogen and oxygen atoms in total. The second-order valence-corrected chi connectivity index (χ2v) is 6.08. The van der Waals surface area contributed by atoms with Crippen LogP contribution in [0, 0.1) is 0 Å². The fourth-order valence-electron chi connectivity index (χ4n) is 2.70. The Labute approximate surface area is 172 Å². The normalized spacial score (nSPS) is 11.5. The Hall–Kier alpha value is -3.82. The van der Waals surface area contributed by atoms with Gasteiger partial charge in [0.05, 0.1) is 20.8 Å². The van der Waals surface area contributed by atoms with Gasteiger partial charge in [0.25, 0.3) is 11.8 Å². The molecule has 0 fully saturated rings. The number of nitrogens with one attached hydrogen (secondary N) is 1. The molecule has 0 atom stereocenters. The summed E-state index contributed by atoms with van der Waals surface area (Å²) < 4.78 is 32.0. The molecule has 2 amide bonds.